The first-order valence-corrected chi connectivity index (χ1v) is 6.90. The van der Waals surface area contributed by atoms with Crippen molar-refractivity contribution in [2.45, 2.75) is 6.92 Å². The van der Waals surface area contributed by atoms with Crippen molar-refractivity contribution in [3.05, 3.63) is 71.3 Å². The fraction of sp³-hybridized carbons (Fsp3) is 0.111. The molecule has 0 saturated carbocycles. The molecule has 0 amide bonds. The minimum atomic E-state index is -0.609. The van der Waals surface area contributed by atoms with Crippen molar-refractivity contribution in [3.8, 4) is 5.75 Å². The van der Waals surface area contributed by atoms with Crippen molar-refractivity contribution in [2.75, 3.05) is 7.11 Å². The second-order valence-corrected chi connectivity index (χ2v) is 4.73. The van der Waals surface area contributed by atoms with Gasteiger partial charge in [-0.05, 0) is 42.8 Å². The van der Waals surface area contributed by atoms with Crippen molar-refractivity contribution in [1.29, 1.82) is 0 Å². The van der Waals surface area contributed by atoms with Crippen LogP contribution >= 0.6 is 0 Å². The molecule has 0 aliphatic rings. The number of hydrogen-bond acceptors (Lipinski definition) is 5. The molecule has 23 heavy (non-hydrogen) atoms. The van der Waals surface area contributed by atoms with Crippen molar-refractivity contribution in [1.82, 2.24) is 0 Å². The highest BCUT2D eigenvalue weighted by atomic mass is 17.2. The Labute approximate surface area is 134 Å². The number of ether oxygens (including phenoxy) is 1. The van der Waals surface area contributed by atoms with Gasteiger partial charge in [0.2, 0.25) is 0 Å². The molecule has 0 atom stereocenters. The van der Waals surface area contributed by atoms with Gasteiger partial charge in [0, 0.05) is 6.08 Å². The van der Waals surface area contributed by atoms with Crippen LogP contribution in [0.3, 0.4) is 0 Å². The third-order valence-corrected chi connectivity index (χ3v) is 2.96. The zero-order valence-corrected chi connectivity index (χ0v) is 12.8. The maximum Gasteiger partial charge on any atom is 0.365 e. The van der Waals surface area contributed by atoms with Crippen LogP contribution in [0.25, 0.3) is 6.08 Å². The molecule has 0 heterocycles. The van der Waals surface area contributed by atoms with E-state index in [1.54, 1.807) is 42.5 Å². The van der Waals surface area contributed by atoms with Crippen molar-refractivity contribution in [2.24, 2.45) is 0 Å². The first-order valence-electron chi connectivity index (χ1n) is 6.90. The molecule has 0 spiro atoms. The molecule has 2 aromatic rings. The Hall–Kier alpha value is -2.92. The molecule has 118 valence electrons. The predicted molar refractivity (Wildman–Crippen MR) is 84.7 cm³/mol. The Kier molecular flexibility index (Phi) is 5.66. The molecule has 0 bridgehead atoms. The van der Waals surface area contributed by atoms with Crippen LogP contribution in [0.4, 0.5) is 0 Å². The summed E-state index contributed by atoms with van der Waals surface area (Å²) in [5.74, 6) is -0.605. The van der Waals surface area contributed by atoms with Gasteiger partial charge in [0.05, 0.1) is 12.7 Å². The normalized spacial score (nSPS) is 10.5. The van der Waals surface area contributed by atoms with Crippen LogP contribution in [0.15, 0.2) is 54.6 Å². The number of hydrogen-bond donors (Lipinski definition) is 0. The highest BCUT2D eigenvalue weighted by Gasteiger charge is 2.07. The molecule has 0 N–H and O–H groups in total. The largest absolute Gasteiger partial charge is 0.423 e. The standard InChI is InChI=1S/C18H16O5/c1-13-3-8-15(9-4-13)18(20)22-16-10-5-14(6-11-16)7-12-17(19)23-21-2/h3-12H,1-2H3/b12-7+. The molecule has 5 nitrogen and oxygen atoms in total. The van der Waals surface area contributed by atoms with Crippen LogP contribution in [0.2, 0.25) is 0 Å². The highest BCUT2D eigenvalue weighted by Crippen LogP contribution is 2.15. The van der Waals surface area contributed by atoms with Gasteiger partial charge in [0.1, 0.15) is 5.75 Å². The Morgan fingerprint density at radius 2 is 1.61 bits per heavy atom. The van der Waals surface area contributed by atoms with Gasteiger partial charge < -0.3 is 4.74 Å². The summed E-state index contributed by atoms with van der Waals surface area (Å²) in [6.07, 6.45) is 2.80. The van der Waals surface area contributed by atoms with Crippen LogP contribution in [-0.4, -0.2) is 19.0 Å². The summed E-state index contributed by atoms with van der Waals surface area (Å²) >= 11 is 0. The van der Waals surface area contributed by atoms with Crippen LogP contribution < -0.4 is 4.74 Å². The van der Waals surface area contributed by atoms with Gasteiger partial charge in [-0.3, -0.25) is 4.89 Å². The maximum absolute atomic E-state index is 12.0. The van der Waals surface area contributed by atoms with Crippen molar-refractivity contribution >= 4 is 18.0 Å². The fourth-order valence-corrected chi connectivity index (χ4v) is 1.78. The van der Waals surface area contributed by atoms with Gasteiger partial charge in [-0.15, -0.1) is 0 Å². The maximum atomic E-state index is 12.0. The minimum Gasteiger partial charge on any atom is -0.423 e. The van der Waals surface area contributed by atoms with E-state index in [1.807, 2.05) is 19.1 Å². The summed E-state index contributed by atoms with van der Waals surface area (Å²) in [5, 5.41) is 0. The average molecular weight is 312 g/mol. The lowest BCUT2D eigenvalue weighted by atomic mass is 10.1. The lowest BCUT2D eigenvalue weighted by Crippen LogP contribution is -2.08. The van der Waals surface area contributed by atoms with E-state index in [1.165, 1.54) is 13.2 Å². The summed E-state index contributed by atoms with van der Waals surface area (Å²) in [6.45, 7) is 1.95. The molecule has 5 heteroatoms. The lowest BCUT2D eigenvalue weighted by molar-refractivity contribution is -0.249. The van der Waals surface area contributed by atoms with Gasteiger partial charge in [-0.1, -0.05) is 29.8 Å². The van der Waals surface area contributed by atoms with Gasteiger partial charge in [-0.25, -0.2) is 9.59 Å². The predicted octanol–water partition coefficient (Wildman–Crippen LogP) is 3.33. The topological polar surface area (TPSA) is 61.8 Å². The van der Waals surface area contributed by atoms with Crippen molar-refractivity contribution < 1.29 is 24.1 Å². The zero-order chi connectivity index (χ0) is 16.7. The number of benzene rings is 2. The van der Waals surface area contributed by atoms with E-state index >= 15 is 0 Å². The number of carbonyl (C=O) groups is 2. The lowest BCUT2D eigenvalue weighted by Gasteiger charge is -2.05. The van der Waals surface area contributed by atoms with Crippen molar-refractivity contribution in [3.63, 3.8) is 0 Å². The monoisotopic (exact) mass is 312 g/mol. The van der Waals surface area contributed by atoms with Crippen LogP contribution in [-0.2, 0) is 14.6 Å². The Bertz CT molecular complexity index is 699. The molecular formula is C18H16O5. The van der Waals surface area contributed by atoms with Crippen LogP contribution in [0.1, 0.15) is 21.5 Å². The highest BCUT2D eigenvalue weighted by molar-refractivity contribution is 5.91. The molecule has 0 fully saturated rings. The molecule has 2 aromatic carbocycles. The Morgan fingerprint density at radius 1 is 0.957 bits per heavy atom. The molecule has 0 aromatic heterocycles. The fourth-order valence-electron chi connectivity index (χ4n) is 1.78. The molecule has 0 unspecified atom stereocenters. The van der Waals surface area contributed by atoms with E-state index in [0.29, 0.717) is 11.3 Å². The van der Waals surface area contributed by atoms with E-state index < -0.39 is 11.9 Å². The van der Waals surface area contributed by atoms with Gasteiger partial charge in [0.15, 0.2) is 0 Å². The summed E-state index contributed by atoms with van der Waals surface area (Å²) in [5.41, 5.74) is 2.32. The molecule has 0 saturated heterocycles. The number of esters is 1. The quantitative estimate of drug-likeness (QED) is 0.279. The molecule has 0 aliphatic carbocycles. The minimum absolute atomic E-state index is 0.419. The average Bonchev–Trinajstić information content (AvgIpc) is 2.55. The number of rotatable bonds is 5. The second-order valence-electron chi connectivity index (χ2n) is 4.73. The van der Waals surface area contributed by atoms with Gasteiger partial charge >= 0.3 is 11.9 Å². The molecule has 0 aliphatic heterocycles. The third-order valence-electron chi connectivity index (χ3n) is 2.96. The Morgan fingerprint density at radius 3 is 2.22 bits per heavy atom. The second kappa shape index (κ2) is 7.91. The Balaban J connectivity index is 1.98. The summed E-state index contributed by atoms with van der Waals surface area (Å²) in [6, 6.07) is 13.9. The molecule has 0 radical (unpaired) electrons. The first-order chi connectivity index (χ1) is 11.1. The van der Waals surface area contributed by atoms with Crippen LogP contribution in [0.5, 0.6) is 5.75 Å². The van der Waals surface area contributed by atoms with Crippen LogP contribution in [0, 0.1) is 6.92 Å². The smallest absolute Gasteiger partial charge is 0.365 e. The number of aryl methyl sites for hydroxylation is 1. The summed E-state index contributed by atoms with van der Waals surface area (Å²) < 4.78 is 5.28. The van der Waals surface area contributed by atoms with E-state index in [0.717, 1.165) is 11.1 Å². The summed E-state index contributed by atoms with van der Waals surface area (Å²) in [7, 11) is 1.25. The zero-order valence-electron chi connectivity index (χ0n) is 12.8. The van der Waals surface area contributed by atoms with E-state index in [2.05, 4.69) is 9.78 Å². The van der Waals surface area contributed by atoms with Gasteiger partial charge in [0.25, 0.3) is 0 Å². The summed E-state index contributed by atoms with van der Waals surface area (Å²) in [4.78, 5) is 31.6. The molecular weight excluding hydrogens is 296 g/mol. The van der Waals surface area contributed by atoms with E-state index in [-0.39, 0.29) is 0 Å². The van der Waals surface area contributed by atoms with E-state index in [9.17, 15) is 9.59 Å². The first kappa shape index (κ1) is 16.5. The third kappa shape index (κ3) is 5.09. The number of carbonyl (C=O) groups excluding carboxylic acids is 2. The molecule has 2 rings (SSSR count). The SMILES string of the molecule is COOC(=O)/C=C/c1ccc(OC(=O)c2ccc(C)cc2)cc1. The van der Waals surface area contributed by atoms with E-state index in [4.69, 9.17) is 4.74 Å². The van der Waals surface area contributed by atoms with Gasteiger partial charge in [-0.2, -0.15) is 4.89 Å².